The minimum absolute atomic E-state index is 0.0927. The third-order valence-corrected chi connectivity index (χ3v) is 1.74. The molecule has 0 amide bonds. The summed E-state index contributed by atoms with van der Waals surface area (Å²) >= 11 is 0. The summed E-state index contributed by atoms with van der Waals surface area (Å²) in [5.74, 6) is 0.252. The fraction of sp³-hybridized carbons (Fsp3) is 0.300. The zero-order valence-corrected chi connectivity index (χ0v) is 8.75. The van der Waals surface area contributed by atoms with E-state index in [0.717, 1.165) is 0 Å². The van der Waals surface area contributed by atoms with Crippen LogP contribution in [0.4, 0.5) is 13.2 Å². The van der Waals surface area contributed by atoms with E-state index < -0.39 is 19.6 Å². The summed E-state index contributed by atoms with van der Waals surface area (Å²) in [6.45, 7) is -1.84. The molecule has 0 atom stereocenters. The Morgan fingerprint density at radius 1 is 1.24 bits per heavy atom. The van der Waals surface area contributed by atoms with Crippen LogP contribution in [0.5, 0.6) is 5.75 Å². The van der Waals surface area contributed by atoms with Crippen LogP contribution < -0.4 is 10.5 Å². The SMILES string of the molecule is N=C(N)c1ccc(OCOCC(F)(F)F)cc1. The lowest BCUT2D eigenvalue weighted by atomic mass is 10.2. The van der Waals surface area contributed by atoms with Gasteiger partial charge in [0, 0.05) is 5.56 Å². The molecule has 0 aliphatic heterocycles. The van der Waals surface area contributed by atoms with Crippen LogP contribution in [0.15, 0.2) is 24.3 Å². The molecular formula is C10H11F3N2O2. The monoisotopic (exact) mass is 248 g/mol. The average molecular weight is 248 g/mol. The molecule has 0 aliphatic rings. The summed E-state index contributed by atoms with van der Waals surface area (Å²) in [4.78, 5) is 0. The Balaban J connectivity index is 2.35. The molecular weight excluding hydrogens is 237 g/mol. The third kappa shape index (κ3) is 5.21. The number of nitrogens with one attached hydrogen (secondary N) is 1. The van der Waals surface area contributed by atoms with Gasteiger partial charge in [0.05, 0.1) is 0 Å². The standard InChI is InChI=1S/C10H11F3N2O2/c11-10(12,13)5-16-6-17-8-3-1-7(2-4-8)9(14)15/h1-4H,5-6H2,(H3,14,15). The molecule has 94 valence electrons. The largest absolute Gasteiger partial charge is 0.468 e. The van der Waals surface area contributed by atoms with Gasteiger partial charge in [0.2, 0.25) is 0 Å². The lowest BCUT2D eigenvalue weighted by Gasteiger charge is -2.09. The van der Waals surface area contributed by atoms with Crippen molar-refractivity contribution in [1.29, 1.82) is 5.41 Å². The first-order valence-electron chi connectivity index (χ1n) is 4.60. The van der Waals surface area contributed by atoms with E-state index in [0.29, 0.717) is 11.3 Å². The first-order chi connectivity index (χ1) is 7.88. The van der Waals surface area contributed by atoms with Gasteiger partial charge in [-0.1, -0.05) is 0 Å². The Morgan fingerprint density at radius 3 is 2.29 bits per heavy atom. The van der Waals surface area contributed by atoms with Gasteiger partial charge in [-0.15, -0.1) is 0 Å². The second-order valence-corrected chi connectivity index (χ2v) is 3.16. The van der Waals surface area contributed by atoms with E-state index in [-0.39, 0.29) is 5.84 Å². The molecule has 1 aromatic rings. The first kappa shape index (κ1) is 13.3. The van der Waals surface area contributed by atoms with E-state index in [1.807, 2.05) is 0 Å². The van der Waals surface area contributed by atoms with Gasteiger partial charge in [-0.05, 0) is 24.3 Å². The number of halogens is 3. The molecule has 0 bridgehead atoms. The van der Waals surface area contributed by atoms with E-state index in [2.05, 4.69) is 4.74 Å². The zero-order valence-electron chi connectivity index (χ0n) is 8.75. The highest BCUT2D eigenvalue weighted by molar-refractivity contribution is 5.94. The molecule has 0 unspecified atom stereocenters. The molecule has 17 heavy (non-hydrogen) atoms. The Hall–Kier alpha value is -1.76. The Labute approximate surface area is 95.6 Å². The zero-order chi connectivity index (χ0) is 12.9. The average Bonchev–Trinajstić information content (AvgIpc) is 2.24. The topological polar surface area (TPSA) is 68.3 Å². The Bertz CT molecular complexity index is 376. The van der Waals surface area contributed by atoms with E-state index in [4.69, 9.17) is 15.9 Å². The van der Waals surface area contributed by atoms with Gasteiger partial charge in [-0.2, -0.15) is 13.2 Å². The van der Waals surface area contributed by atoms with Crippen molar-refractivity contribution in [3.8, 4) is 5.75 Å². The highest BCUT2D eigenvalue weighted by Gasteiger charge is 2.27. The Morgan fingerprint density at radius 2 is 1.82 bits per heavy atom. The number of ether oxygens (including phenoxy) is 2. The predicted octanol–water partition coefficient (Wildman–Crippen LogP) is 1.89. The molecule has 0 heterocycles. The van der Waals surface area contributed by atoms with Crippen molar-refractivity contribution in [2.45, 2.75) is 6.18 Å². The number of hydrogen-bond acceptors (Lipinski definition) is 3. The van der Waals surface area contributed by atoms with E-state index in [1.54, 1.807) is 0 Å². The van der Waals surface area contributed by atoms with Crippen LogP contribution in [0.3, 0.4) is 0 Å². The summed E-state index contributed by atoms with van der Waals surface area (Å²) in [7, 11) is 0. The smallest absolute Gasteiger partial charge is 0.411 e. The molecule has 3 N–H and O–H groups in total. The summed E-state index contributed by atoms with van der Waals surface area (Å²) < 4.78 is 44.3. The van der Waals surface area contributed by atoms with Gasteiger partial charge < -0.3 is 15.2 Å². The minimum atomic E-state index is -4.36. The molecule has 0 spiro atoms. The molecule has 0 aliphatic carbocycles. The van der Waals surface area contributed by atoms with Gasteiger partial charge in [0.15, 0.2) is 6.79 Å². The summed E-state index contributed by atoms with van der Waals surface area (Å²) in [6.07, 6.45) is -4.36. The molecule has 0 fully saturated rings. The van der Waals surface area contributed by atoms with Crippen LogP contribution in [0.25, 0.3) is 0 Å². The quantitative estimate of drug-likeness (QED) is 0.362. The predicted molar refractivity (Wildman–Crippen MR) is 55.0 cm³/mol. The van der Waals surface area contributed by atoms with Crippen LogP contribution >= 0.6 is 0 Å². The summed E-state index contributed by atoms with van der Waals surface area (Å²) in [6, 6.07) is 6.05. The normalized spacial score (nSPS) is 11.2. The van der Waals surface area contributed by atoms with E-state index in [1.165, 1.54) is 24.3 Å². The maximum atomic E-state index is 11.7. The molecule has 0 saturated carbocycles. The number of rotatable bonds is 5. The van der Waals surface area contributed by atoms with Crippen LogP contribution in [0.2, 0.25) is 0 Å². The van der Waals surface area contributed by atoms with Crippen molar-refractivity contribution in [2.75, 3.05) is 13.4 Å². The van der Waals surface area contributed by atoms with Crippen molar-refractivity contribution in [1.82, 2.24) is 0 Å². The number of hydrogen-bond donors (Lipinski definition) is 2. The van der Waals surface area contributed by atoms with Gasteiger partial charge in [0.1, 0.15) is 18.2 Å². The van der Waals surface area contributed by atoms with Crippen molar-refractivity contribution >= 4 is 5.84 Å². The number of amidine groups is 1. The van der Waals surface area contributed by atoms with Crippen molar-refractivity contribution in [3.63, 3.8) is 0 Å². The fourth-order valence-corrected chi connectivity index (χ4v) is 0.998. The molecule has 7 heteroatoms. The van der Waals surface area contributed by atoms with E-state index in [9.17, 15) is 13.2 Å². The minimum Gasteiger partial charge on any atom is -0.468 e. The van der Waals surface area contributed by atoms with Gasteiger partial charge in [-0.3, -0.25) is 5.41 Å². The van der Waals surface area contributed by atoms with Crippen LogP contribution in [0, 0.1) is 5.41 Å². The maximum absolute atomic E-state index is 11.7. The number of nitrogens with two attached hydrogens (primary N) is 1. The van der Waals surface area contributed by atoms with Gasteiger partial charge >= 0.3 is 6.18 Å². The number of nitrogen functional groups attached to an aromatic ring is 1. The summed E-state index contributed by atoms with van der Waals surface area (Å²) in [5, 5.41) is 7.13. The van der Waals surface area contributed by atoms with Crippen LogP contribution in [-0.2, 0) is 4.74 Å². The van der Waals surface area contributed by atoms with E-state index >= 15 is 0 Å². The molecule has 0 saturated heterocycles. The second-order valence-electron chi connectivity index (χ2n) is 3.16. The number of alkyl halides is 3. The molecule has 0 aromatic heterocycles. The first-order valence-corrected chi connectivity index (χ1v) is 4.60. The molecule has 1 aromatic carbocycles. The molecule has 4 nitrogen and oxygen atoms in total. The summed E-state index contributed by atoms with van der Waals surface area (Å²) in [5.41, 5.74) is 5.73. The van der Waals surface area contributed by atoms with Crippen molar-refractivity contribution < 1.29 is 22.6 Å². The number of benzene rings is 1. The lowest BCUT2D eigenvalue weighted by Crippen LogP contribution is -2.19. The molecule has 0 radical (unpaired) electrons. The molecule has 1 rings (SSSR count). The Kier molecular flexibility index (Phi) is 4.33. The fourth-order valence-electron chi connectivity index (χ4n) is 0.998. The van der Waals surface area contributed by atoms with Crippen LogP contribution in [0.1, 0.15) is 5.56 Å². The van der Waals surface area contributed by atoms with Gasteiger partial charge in [0.25, 0.3) is 0 Å². The van der Waals surface area contributed by atoms with Crippen molar-refractivity contribution in [2.24, 2.45) is 5.73 Å². The highest BCUT2D eigenvalue weighted by Crippen LogP contribution is 2.15. The van der Waals surface area contributed by atoms with Gasteiger partial charge in [-0.25, -0.2) is 0 Å². The van der Waals surface area contributed by atoms with Crippen LogP contribution in [-0.4, -0.2) is 25.4 Å². The third-order valence-electron chi connectivity index (χ3n) is 1.74. The highest BCUT2D eigenvalue weighted by atomic mass is 19.4. The lowest BCUT2D eigenvalue weighted by molar-refractivity contribution is -0.186. The van der Waals surface area contributed by atoms with Crippen molar-refractivity contribution in [3.05, 3.63) is 29.8 Å². The maximum Gasteiger partial charge on any atom is 0.411 e. The second kappa shape index (κ2) is 5.53.